The number of primary sulfonamides is 1. The third kappa shape index (κ3) is 3.46. The normalized spacial score (nSPS) is 19.4. The number of anilines is 1. The van der Waals surface area contributed by atoms with Crippen LogP contribution < -0.4 is 10.5 Å². The van der Waals surface area contributed by atoms with Crippen molar-refractivity contribution in [1.82, 2.24) is 0 Å². The number of nitrogens with two attached hydrogens (primary N) is 1. The van der Waals surface area contributed by atoms with Gasteiger partial charge in [0.25, 0.3) is 0 Å². The van der Waals surface area contributed by atoms with Crippen molar-refractivity contribution in [3.05, 3.63) is 24.0 Å². The number of benzene rings is 1. The fourth-order valence-corrected chi connectivity index (χ4v) is 3.72. The maximum atomic E-state index is 13.2. The molecule has 1 aliphatic rings. The lowest BCUT2D eigenvalue weighted by Gasteiger charge is -2.12. The van der Waals surface area contributed by atoms with E-state index in [1.54, 1.807) is 11.8 Å². The second-order valence-corrected chi connectivity index (χ2v) is 6.91. The van der Waals surface area contributed by atoms with Gasteiger partial charge in [-0.1, -0.05) is 0 Å². The van der Waals surface area contributed by atoms with Crippen molar-refractivity contribution in [3.8, 4) is 0 Å². The molecule has 1 aromatic rings. The third-order valence-electron chi connectivity index (χ3n) is 2.81. The number of nitrogens with one attached hydrogen (secondary N) is 1. The summed E-state index contributed by atoms with van der Waals surface area (Å²) in [5, 5.41) is 7.48. The van der Waals surface area contributed by atoms with E-state index in [0.717, 1.165) is 30.4 Å². The molecule has 1 aromatic carbocycles. The van der Waals surface area contributed by atoms with Crippen LogP contribution >= 0.6 is 11.8 Å². The summed E-state index contributed by atoms with van der Waals surface area (Å²) in [6, 6.07) is 2.99. The second-order valence-electron chi connectivity index (χ2n) is 4.24. The molecule has 104 valence electrons. The highest BCUT2D eigenvalue weighted by atomic mass is 32.2. The number of carbonyl (C=O) groups is 1. The zero-order valence-electron chi connectivity index (χ0n) is 9.93. The zero-order chi connectivity index (χ0) is 14.0. The fraction of sp³-hybridized carbons (Fsp3) is 0.364. The van der Waals surface area contributed by atoms with Gasteiger partial charge in [0.05, 0.1) is 5.69 Å². The van der Waals surface area contributed by atoms with Crippen molar-refractivity contribution in [2.24, 2.45) is 11.1 Å². The predicted octanol–water partition coefficient (Wildman–Crippen LogP) is 1.16. The van der Waals surface area contributed by atoms with Crippen molar-refractivity contribution in [3.63, 3.8) is 0 Å². The number of halogens is 1. The summed E-state index contributed by atoms with van der Waals surface area (Å²) in [6.45, 7) is 0. The quantitative estimate of drug-likeness (QED) is 0.877. The first kappa shape index (κ1) is 14.3. The van der Waals surface area contributed by atoms with E-state index in [0.29, 0.717) is 5.75 Å². The van der Waals surface area contributed by atoms with Crippen LogP contribution in [0, 0.1) is 11.7 Å². The number of hydrogen-bond acceptors (Lipinski definition) is 4. The summed E-state index contributed by atoms with van der Waals surface area (Å²) in [6.07, 6.45) is 0.733. The first-order chi connectivity index (χ1) is 8.88. The molecule has 1 aliphatic heterocycles. The number of amides is 1. The van der Waals surface area contributed by atoms with E-state index in [-0.39, 0.29) is 22.4 Å². The zero-order valence-corrected chi connectivity index (χ0v) is 11.6. The monoisotopic (exact) mass is 304 g/mol. The maximum absolute atomic E-state index is 13.2. The molecule has 0 bridgehead atoms. The van der Waals surface area contributed by atoms with E-state index >= 15 is 0 Å². The lowest BCUT2D eigenvalue weighted by molar-refractivity contribution is -0.119. The number of sulfonamides is 1. The van der Waals surface area contributed by atoms with Crippen molar-refractivity contribution in [2.45, 2.75) is 11.3 Å². The first-order valence-electron chi connectivity index (χ1n) is 5.59. The van der Waals surface area contributed by atoms with Crippen molar-refractivity contribution in [2.75, 3.05) is 16.8 Å². The number of rotatable bonds is 3. The molecular formula is C11H13FN2O3S2. The molecule has 19 heavy (non-hydrogen) atoms. The second kappa shape index (κ2) is 5.48. The molecule has 1 fully saturated rings. The standard InChI is InChI=1S/C11H13FN2O3S2/c12-8-1-2-10(19(13,16)17)9(5-8)14-11(15)7-3-4-18-6-7/h1-2,5,7H,3-4,6H2,(H,14,15)(H2,13,16,17). The molecule has 3 N–H and O–H groups in total. The largest absolute Gasteiger partial charge is 0.325 e. The van der Waals surface area contributed by atoms with E-state index in [1.165, 1.54) is 0 Å². The average molecular weight is 304 g/mol. The lowest BCUT2D eigenvalue weighted by atomic mass is 10.1. The minimum absolute atomic E-state index is 0.107. The maximum Gasteiger partial charge on any atom is 0.240 e. The molecule has 0 radical (unpaired) electrons. The molecule has 0 aromatic heterocycles. The Labute approximate surface area is 114 Å². The molecule has 1 saturated heterocycles. The molecule has 2 rings (SSSR count). The molecule has 1 heterocycles. The van der Waals surface area contributed by atoms with Gasteiger partial charge in [-0.05, 0) is 30.4 Å². The third-order valence-corrected chi connectivity index (χ3v) is 4.94. The van der Waals surface area contributed by atoms with Gasteiger partial charge in [0.1, 0.15) is 10.7 Å². The van der Waals surface area contributed by atoms with Gasteiger partial charge >= 0.3 is 0 Å². The van der Waals surface area contributed by atoms with Crippen molar-refractivity contribution < 1.29 is 17.6 Å². The van der Waals surface area contributed by atoms with E-state index in [9.17, 15) is 17.6 Å². The van der Waals surface area contributed by atoms with E-state index in [4.69, 9.17) is 5.14 Å². The highest BCUT2D eigenvalue weighted by Crippen LogP contribution is 2.27. The Balaban J connectivity index is 2.28. The van der Waals surface area contributed by atoms with Gasteiger partial charge in [-0.3, -0.25) is 4.79 Å². The van der Waals surface area contributed by atoms with Gasteiger partial charge in [-0.15, -0.1) is 0 Å². The van der Waals surface area contributed by atoms with Crippen molar-refractivity contribution >= 4 is 33.4 Å². The lowest BCUT2D eigenvalue weighted by Crippen LogP contribution is -2.24. The summed E-state index contributed by atoms with van der Waals surface area (Å²) in [7, 11) is -4.01. The van der Waals surface area contributed by atoms with Crippen LogP contribution in [0.15, 0.2) is 23.1 Å². The molecule has 0 spiro atoms. The van der Waals surface area contributed by atoms with Crippen LogP contribution in [-0.2, 0) is 14.8 Å². The van der Waals surface area contributed by atoms with Gasteiger partial charge < -0.3 is 5.32 Å². The Hall–Kier alpha value is -1.12. The minimum Gasteiger partial charge on any atom is -0.325 e. The predicted molar refractivity (Wildman–Crippen MR) is 71.8 cm³/mol. The number of thioether (sulfide) groups is 1. The Morgan fingerprint density at radius 3 is 2.79 bits per heavy atom. The van der Waals surface area contributed by atoms with Gasteiger partial charge in [-0.2, -0.15) is 11.8 Å². The fourth-order valence-electron chi connectivity index (χ4n) is 1.82. The highest BCUT2D eigenvalue weighted by molar-refractivity contribution is 7.99. The van der Waals surface area contributed by atoms with Crippen LogP contribution in [0.1, 0.15) is 6.42 Å². The average Bonchev–Trinajstić information content (AvgIpc) is 2.80. The highest BCUT2D eigenvalue weighted by Gasteiger charge is 2.25. The minimum atomic E-state index is -4.01. The molecule has 1 unspecified atom stereocenters. The van der Waals surface area contributed by atoms with Crippen LogP contribution in [-0.4, -0.2) is 25.8 Å². The van der Waals surface area contributed by atoms with Gasteiger partial charge in [0.15, 0.2) is 0 Å². The Morgan fingerprint density at radius 2 is 2.21 bits per heavy atom. The summed E-state index contributed by atoms with van der Waals surface area (Å²) >= 11 is 1.66. The van der Waals surface area contributed by atoms with Crippen LogP contribution in [0.3, 0.4) is 0 Å². The molecular weight excluding hydrogens is 291 g/mol. The summed E-state index contributed by atoms with van der Waals surface area (Å²) < 4.78 is 35.9. The Bertz CT molecular complexity index is 598. The topological polar surface area (TPSA) is 89.3 Å². The number of carbonyl (C=O) groups excluding carboxylic acids is 1. The number of hydrogen-bond donors (Lipinski definition) is 2. The Morgan fingerprint density at radius 1 is 1.47 bits per heavy atom. The smallest absolute Gasteiger partial charge is 0.240 e. The van der Waals surface area contributed by atoms with Crippen LogP contribution in [0.5, 0.6) is 0 Å². The van der Waals surface area contributed by atoms with E-state index < -0.39 is 15.8 Å². The van der Waals surface area contributed by atoms with Crippen molar-refractivity contribution in [1.29, 1.82) is 0 Å². The van der Waals surface area contributed by atoms with Crippen LogP contribution in [0.2, 0.25) is 0 Å². The van der Waals surface area contributed by atoms with Crippen LogP contribution in [0.4, 0.5) is 10.1 Å². The molecule has 0 aliphatic carbocycles. The summed E-state index contributed by atoms with van der Waals surface area (Å²) in [4.78, 5) is 11.6. The van der Waals surface area contributed by atoms with Crippen LogP contribution in [0.25, 0.3) is 0 Å². The molecule has 8 heteroatoms. The van der Waals surface area contributed by atoms with E-state index in [2.05, 4.69) is 5.32 Å². The van der Waals surface area contributed by atoms with Gasteiger partial charge in [0, 0.05) is 11.7 Å². The summed E-state index contributed by atoms with van der Waals surface area (Å²) in [5.74, 6) is 0.459. The molecule has 0 saturated carbocycles. The molecule has 1 amide bonds. The summed E-state index contributed by atoms with van der Waals surface area (Å²) in [5.41, 5.74) is -0.107. The van der Waals surface area contributed by atoms with Gasteiger partial charge in [0.2, 0.25) is 15.9 Å². The molecule has 1 atom stereocenters. The molecule has 5 nitrogen and oxygen atoms in total. The van der Waals surface area contributed by atoms with E-state index in [1.807, 2.05) is 0 Å². The Kier molecular flexibility index (Phi) is 4.12. The first-order valence-corrected chi connectivity index (χ1v) is 8.29. The SMILES string of the molecule is NS(=O)(=O)c1ccc(F)cc1NC(=O)C1CCSC1. The van der Waals surface area contributed by atoms with Gasteiger partial charge in [-0.25, -0.2) is 17.9 Å².